The molecule has 1 aliphatic heterocycles. The second kappa shape index (κ2) is 5.35. The Balaban J connectivity index is 2.18. The number of carbonyl (C=O) groups is 1. The maximum Gasteiger partial charge on any atom is 0.341 e. The third-order valence-corrected chi connectivity index (χ3v) is 3.46. The van der Waals surface area contributed by atoms with Gasteiger partial charge in [0.15, 0.2) is 0 Å². The lowest BCUT2D eigenvalue weighted by Crippen LogP contribution is -2.32. The lowest BCUT2D eigenvalue weighted by Gasteiger charge is -2.17. The van der Waals surface area contributed by atoms with Crippen molar-refractivity contribution in [1.82, 2.24) is 9.47 Å². The predicted molar refractivity (Wildman–Crippen MR) is 68.1 cm³/mol. The molecule has 5 nitrogen and oxygen atoms in total. The summed E-state index contributed by atoms with van der Waals surface area (Å²) in [7, 11) is 0. The van der Waals surface area contributed by atoms with E-state index in [4.69, 9.17) is 5.11 Å². The Hall–Kier alpha value is -1.62. The SMILES string of the molecule is Cc1ccc(C(=O)O)c(=O)n1CCN1CCCC1. The minimum Gasteiger partial charge on any atom is -0.477 e. The highest BCUT2D eigenvalue weighted by atomic mass is 16.4. The van der Waals surface area contributed by atoms with Crippen molar-refractivity contribution in [2.45, 2.75) is 26.3 Å². The van der Waals surface area contributed by atoms with Gasteiger partial charge < -0.3 is 14.6 Å². The first kappa shape index (κ1) is 12.8. The Bertz CT molecular complexity index is 501. The summed E-state index contributed by atoms with van der Waals surface area (Å²) in [6.45, 7) is 5.35. The molecule has 1 aromatic rings. The molecular formula is C13H18N2O3. The Morgan fingerprint density at radius 1 is 1.28 bits per heavy atom. The third kappa shape index (κ3) is 2.61. The number of aryl methyl sites for hydroxylation is 1. The van der Waals surface area contributed by atoms with Crippen LogP contribution >= 0.6 is 0 Å². The summed E-state index contributed by atoms with van der Waals surface area (Å²) in [5.41, 5.74) is 0.257. The van der Waals surface area contributed by atoms with Gasteiger partial charge in [0.1, 0.15) is 5.56 Å². The summed E-state index contributed by atoms with van der Waals surface area (Å²) in [5, 5.41) is 8.94. The predicted octanol–water partition coefficient (Wildman–Crippen LogP) is 0.951. The van der Waals surface area contributed by atoms with E-state index in [0.717, 1.165) is 25.3 Å². The van der Waals surface area contributed by atoms with E-state index in [1.807, 2.05) is 6.92 Å². The van der Waals surface area contributed by atoms with Crippen LogP contribution in [0.2, 0.25) is 0 Å². The van der Waals surface area contributed by atoms with Gasteiger partial charge in [-0.15, -0.1) is 0 Å². The van der Waals surface area contributed by atoms with Crippen LogP contribution in [0.4, 0.5) is 0 Å². The number of nitrogens with zero attached hydrogens (tertiary/aromatic N) is 2. The van der Waals surface area contributed by atoms with E-state index < -0.39 is 11.5 Å². The number of aromatic nitrogens is 1. The molecule has 1 aromatic heterocycles. The molecule has 0 atom stereocenters. The molecule has 0 bridgehead atoms. The van der Waals surface area contributed by atoms with Gasteiger partial charge >= 0.3 is 5.97 Å². The van der Waals surface area contributed by atoms with Crippen molar-refractivity contribution in [3.05, 3.63) is 33.7 Å². The minimum absolute atomic E-state index is 0.151. The zero-order chi connectivity index (χ0) is 13.1. The van der Waals surface area contributed by atoms with Gasteiger partial charge in [-0.25, -0.2) is 4.79 Å². The van der Waals surface area contributed by atoms with Crippen molar-refractivity contribution < 1.29 is 9.90 Å². The number of hydrogen-bond acceptors (Lipinski definition) is 3. The average Bonchev–Trinajstić information content (AvgIpc) is 2.81. The summed E-state index contributed by atoms with van der Waals surface area (Å²) in [6.07, 6.45) is 2.42. The number of aromatic carboxylic acids is 1. The maximum absolute atomic E-state index is 12.0. The molecule has 2 rings (SSSR count). The molecule has 0 radical (unpaired) electrons. The topological polar surface area (TPSA) is 62.5 Å². The van der Waals surface area contributed by atoms with Gasteiger partial charge in [-0.3, -0.25) is 4.79 Å². The summed E-state index contributed by atoms with van der Waals surface area (Å²) >= 11 is 0. The van der Waals surface area contributed by atoms with Crippen LogP contribution in [-0.2, 0) is 6.54 Å². The summed E-state index contributed by atoms with van der Waals surface area (Å²) in [5.74, 6) is -1.16. The second-order valence-corrected chi connectivity index (χ2v) is 4.70. The number of carboxylic acids is 1. The normalized spacial score (nSPS) is 16.1. The Morgan fingerprint density at radius 2 is 1.94 bits per heavy atom. The molecule has 0 aromatic carbocycles. The fourth-order valence-corrected chi connectivity index (χ4v) is 2.36. The molecule has 1 aliphatic rings. The highest BCUT2D eigenvalue weighted by Crippen LogP contribution is 2.07. The smallest absolute Gasteiger partial charge is 0.341 e. The molecule has 98 valence electrons. The zero-order valence-electron chi connectivity index (χ0n) is 10.6. The molecular weight excluding hydrogens is 232 g/mol. The van der Waals surface area contributed by atoms with Crippen molar-refractivity contribution in [3.63, 3.8) is 0 Å². The molecule has 1 N–H and O–H groups in total. The number of rotatable bonds is 4. The minimum atomic E-state index is -1.16. The van der Waals surface area contributed by atoms with Gasteiger partial charge in [0.25, 0.3) is 5.56 Å². The van der Waals surface area contributed by atoms with Gasteiger partial charge in [-0.2, -0.15) is 0 Å². The quantitative estimate of drug-likeness (QED) is 0.864. The van der Waals surface area contributed by atoms with Crippen LogP contribution in [0.25, 0.3) is 0 Å². The lowest BCUT2D eigenvalue weighted by atomic mass is 10.2. The molecule has 0 aliphatic carbocycles. The molecule has 0 spiro atoms. The molecule has 0 unspecified atom stereocenters. The number of carboxylic acid groups (broad SMARTS) is 1. The van der Waals surface area contributed by atoms with Crippen molar-refractivity contribution in [3.8, 4) is 0 Å². The van der Waals surface area contributed by atoms with Gasteiger partial charge in [-0.1, -0.05) is 0 Å². The van der Waals surface area contributed by atoms with Gasteiger partial charge in [0.05, 0.1) is 0 Å². The standard InChI is InChI=1S/C13H18N2O3/c1-10-4-5-11(13(17)18)12(16)15(10)9-8-14-6-2-3-7-14/h4-5H,2-3,6-9H2,1H3,(H,17,18). The number of pyridine rings is 1. The summed E-state index contributed by atoms with van der Waals surface area (Å²) in [6, 6.07) is 3.07. The van der Waals surface area contributed by atoms with E-state index in [9.17, 15) is 9.59 Å². The second-order valence-electron chi connectivity index (χ2n) is 4.70. The summed E-state index contributed by atoms with van der Waals surface area (Å²) < 4.78 is 1.56. The Morgan fingerprint density at radius 3 is 2.56 bits per heavy atom. The molecule has 1 saturated heterocycles. The highest BCUT2D eigenvalue weighted by Gasteiger charge is 2.15. The molecule has 0 amide bonds. The van der Waals surface area contributed by atoms with Crippen LogP contribution in [0, 0.1) is 6.92 Å². The highest BCUT2D eigenvalue weighted by molar-refractivity contribution is 5.87. The van der Waals surface area contributed by atoms with E-state index in [1.54, 1.807) is 10.6 Å². The number of hydrogen-bond donors (Lipinski definition) is 1. The third-order valence-electron chi connectivity index (χ3n) is 3.46. The molecule has 2 heterocycles. The first-order valence-electron chi connectivity index (χ1n) is 6.25. The Kier molecular flexibility index (Phi) is 3.81. The van der Waals surface area contributed by atoms with Crippen LogP contribution in [-0.4, -0.2) is 40.2 Å². The molecule has 0 saturated carbocycles. The van der Waals surface area contributed by atoms with Crippen LogP contribution < -0.4 is 5.56 Å². The molecule has 5 heteroatoms. The first-order valence-corrected chi connectivity index (χ1v) is 6.25. The Labute approximate surface area is 106 Å². The van der Waals surface area contributed by atoms with E-state index >= 15 is 0 Å². The lowest BCUT2D eigenvalue weighted by molar-refractivity contribution is 0.0694. The van der Waals surface area contributed by atoms with Gasteiger partial charge in [0.2, 0.25) is 0 Å². The fourth-order valence-electron chi connectivity index (χ4n) is 2.36. The van der Waals surface area contributed by atoms with Gasteiger partial charge in [-0.05, 0) is 45.0 Å². The van der Waals surface area contributed by atoms with E-state index in [-0.39, 0.29) is 5.56 Å². The van der Waals surface area contributed by atoms with E-state index in [2.05, 4.69) is 4.90 Å². The van der Waals surface area contributed by atoms with Crippen molar-refractivity contribution in [2.75, 3.05) is 19.6 Å². The van der Waals surface area contributed by atoms with E-state index in [1.165, 1.54) is 18.9 Å². The first-order chi connectivity index (χ1) is 8.59. The zero-order valence-corrected chi connectivity index (χ0v) is 10.6. The average molecular weight is 250 g/mol. The fraction of sp³-hybridized carbons (Fsp3) is 0.538. The maximum atomic E-state index is 12.0. The van der Waals surface area contributed by atoms with E-state index in [0.29, 0.717) is 6.54 Å². The number of likely N-dealkylation sites (tertiary alicyclic amines) is 1. The van der Waals surface area contributed by atoms with Crippen LogP contribution in [0.1, 0.15) is 28.9 Å². The van der Waals surface area contributed by atoms with Crippen LogP contribution in [0.5, 0.6) is 0 Å². The summed E-state index contributed by atoms with van der Waals surface area (Å²) in [4.78, 5) is 25.2. The largest absolute Gasteiger partial charge is 0.477 e. The van der Waals surface area contributed by atoms with Crippen molar-refractivity contribution >= 4 is 5.97 Å². The van der Waals surface area contributed by atoms with Crippen molar-refractivity contribution in [1.29, 1.82) is 0 Å². The monoisotopic (exact) mass is 250 g/mol. The van der Waals surface area contributed by atoms with Crippen LogP contribution in [0.3, 0.4) is 0 Å². The van der Waals surface area contributed by atoms with Crippen molar-refractivity contribution in [2.24, 2.45) is 0 Å². The van der Waals surface area contributed by atoms with Gasteiger partial charge in [0, 0.05) is 18.8 Å². The van der Waals surface area contributed by atoms with Crippen LogP contribution in [0.15, 0.2) is 16.9 Å². The molecule has 18 heavy (non-hydrogen) atoms. The molecule has 1 fully saturated rings.